The van der Waals surface area contributed by atoms with Crippen molar-refractivity contribution < 1.29 is 23.1 Å². The molecule has 0 spiro atoms. The van der Waals surface area contributed by atoms with E-state index in [0.29, 0.717) is 10.6 Å². The minimum atomic E-state index is -3.01. The Morgan fingerprint density at radius 3 is 2.41 bits per heavy atom. The Morgan fingerprint density at radius 1 is 1.11 bits per heavy atom. The summed E-state index contributed by atoms with van der Waals surface area (Å²) in [5.74, 6) is -0.693. The monoisotopic (exact) mass is 417 g/mol. The van der Waals surface area contributed by atoms with Crippen LogP contribution >= 0.6 is 23.2 Å². The van der Waals surface area contributed by atoms with Gasteiger partial charge >= 0.3 is 12.6 Å². The molecule has 144 valence electrons. The zero-order chi connectivity index (χ0) is 20.0. The maximum absolute atomic E-state index is 12.3. The Bertz CT molecular complexity index is 837. The van der Waals surface area contributed by atoms with Gasteiger partial charge in [0.25, 0.3) is 0 Å². The molecule has 2 aromatic carbocycles. The van der Waals surface area contributed by atoms with Crippen LogP contribution in [-0.4, -0.2) is 18.5 Å². The number of nitrogens with one attached hydrogen (secondary N) is 2. The summed E-state index contributed by atoms with van der Waals surface area (Å²) in [6.45, 7) is -3.01. The molecular weight excluding hydrogens is 403 g/mol. The van der Waals surface area contributed by atoms with E-state index in [1.807, 2.05) is 0 Å². The summed E-state index contributed by atoms with van der Waals surface area (Å²) in [6, 6.07) is 8.94. The van der Waals surface area contributed by atoms with Gasteiger partial charge in [-0.25, -0.2) is 4.79 Å². The third-order valence-corrected chi connectivity index (χ3v) is 4.06. The van der Waals surface area contributed by atoms with Gasteiger partial charge in [-0.05, 0) is 29.8 Å². The van der Waals surface area contributed by atoms with Crippen LogP contribution in [0.4, 0.5) is 19.3 Å². The second-order valence-corrected chi connectivity index (χ2v) is 6.17. The van der Waals surface area contributed by atoms with Gasteiger partial charge in [0.2, 0.25) is 5.91 Å². The van der Waals surface area contributed by atoms with Gasteiger partial charge in [0, 0.05) is 10.7 Å². The highest BCUT2D eigenvalue weighted by molar-refractivity contribution is 6.32. The first kappa shape index (κ1) is 20.7. The maximum Gasteiger partial charge on any atom is 0.387 e. The van der Waals surface area contributed by atoms with Gasteiger partial charge in [-0.2, -0.15) is 8.78 Å². The van der Waals surface area contributed by atoms with Crippen molar-refractivity contribution in [2.75, 3.05) is 5.32 Å². The zero-order valence-electron chi connectivity index (χ0n) is 13.7. The van der Waals surface area contributed by atoms with Crippen LogP contribution in [0.25, 0.3) is 0 Å². The number of halogens is 4. The molecule has 10 heteroatoms. The fourth-order valence-corrected chi connectivity index (χ4v) is 2.83. The normalized spacial score (nSPS) is 11.7. The van der Waals surface area contributed by atoms with Crippen LogP contribution in [0.15, 0.2) is 42.5 Å². The fraction of sp³-hybridized carbons (Fsp3) is 0.176. The van der Waals surface area contributed by atoms with E-state index >= 15 is 0 Å². The summed E-state index contributed by atoms with van der Waals surface area (Å²) in [7, 11) is 0. The second kappa shape index (κ2) is 9.38. The number of amides is 3. The van der Waals surface area contributed by atoms with Crippen LogP contribution in [-0.2, 0) is 4.79 Å². The average molecular weight is 418 g/mol. The number of nitrogens with two attached hydrogens (primary N) is 1. The van der Waals surface area contributed by atoms with Gasteiger partial charge in [-0.15, -0.1) is 0 Å². The molecule has 0 aromatic heterocycles. The van der Waals surface area contributed by atoms with Crippen molar-refractivity contribution in [1.82, 2.24) is 5.32 Å². The Balaban J connectivity index is 2.10. The molecule has 2 rings (SSSR count). The van der Waals surface area contributed by atoms with Crippen molar-refractivity contribution in [1.29, 1.82) is 0 Å². The van der Waals surface area contributed by atoms with E-state index in [9.17, 15) is 18.4 Å². The van der Waals surface area contributed by atoms with E-state index in [4.69, 9.17) is 28.9 Å². The van der Waals surface area contributed by atoms with Gasteiger partial charge in [-0.1, -0.05) is 41.4 Å². The van der Waals surface area contributed by atoms with Crippen LogP contribution < -0.4 is 21.1 Å². The van der Waals surface area contributed by atoms with E-state index < -0.39 is 24.6 Å². The molecule has 1 atom stereocenters. The fourth-order valence-electron chi connectivity index (χ4n) is 2.34. The molecule has 2 aromatic rings. The number of anilines is 1. The van der Waals surface area contributed by atoms with Crippen molar-refractivity contribution >= 4 is 40.8 Å². The van der Waals surface area contributed by atoms with Crippen molar-refractivity contribution in [3.05, 3.63) is 58.1 Å². The largest absolute Gasteiger partial charge is 0.433 e. The molecule has 0 bridgehead atoms. The highest BCUT2D eigenvalue weighted by Gasteiger charge is 2.20. The van der Waals surface area contributed by atoms with Gasteiger partial charge in [0.1, 0.15) is 5.75 Å². The predicted octanol–water partition coefficient (Wildman–Crippen LogP) is 4.33. The number of hydrogen-bond acceptors (Lipinski definition) is 3. The molecule has 0 radical (unpaired) electrons. The molecule has 27 heavy (non-hydrogen) atoms. The minimum absolute atomic E-state index is 0.0917. The third kappa shape index (κ3) is 6.26. The molecule has 0 heterocycles. The molecule has 0 fully saturated rings. The van der Waals surface area contributed by atoms with Crippen LogP contribution in [0.1, 0.15) is 18.0 Å². The SMILES string of the molecule is NC(=O)N[C@H](CC(=O)Nc1ccc(OC(F)F)c(Cl)c1)c1ccccc1Cl. The Hall–Kier alpha value is -2.58. The van der Waals surface area contributed by atoms with Crippen molar-refractivity contribution in [3.8, 4) is 5.75 Å². The quantitative estimate of drug-likeness (QED) is 0.625. The summed E-state index contributed by atoms with van der Waals surface area (Å²) >= 11 is 12.0. The van der Waals surface area contributed by atoms with Crippen molar-refractivity contribution in [2.24, 2.45) is 5.73 Å². The van der Waals surface area contributed by atoms with E-state index in [2.05, 4.69) is 15.4 Å². The van der Waals surface area contributed by atoms with Crippen LogP contribution in [0.5, 0.6) is 5.75 Å². The lowest BCUT2D eigenvalue weighted by Gasteiger charge is -2.19. The molecule has 6 nitrogen and oxygen atoms in total. The molecular formula is C17H15Cl2F2N3O3. The van der Waals surface area contributed by atoms with E-state index in [1.54, 1.807) is 24.3 Å². The first-order valence-corrected chi connectivity index (χ1v) is 8.36. The molecule has 4 N–H and O–H groups in total. The highest BCUT2D eigenvalue weighted by Crippen LogP contribution is 2.30. The third-order valence-electron chi connectivity index (χ3n) is 3.42. The van der Waals surface area contributed by atoms with Gasteiger partial charge in [-0.3, -0.25) is 4.79 Å². The van der Waals surface area contributed by atoms with Crippen molar-refractivity contribution in [2.45, 2.75) is 19.1 Å². The lowest BCUT2D eigenvalue weighted by atomic mass is 10.0. The van der Waals surface area contributed by atoms with E-state index in [1.165, 1.54) is 18.2 Å². The lowest BCUT2D eigenvalue weighted by Crippen LogP contribution is -2.35. The maximum atomic E-state index is 12.3. The van der Waals surface area contributed by atoms with Gasteiger partial charge < -0.3 is 21.1 Å². The van der Waals surface area contributed by atoms with E-state index in [0.717, 1.165) is 0 Å². The molecule has 0 aliphatic carbocycles. The number of hydrogen-bond donors (Lipinski definition) is 3. The standard InChI is InChI=1S/C17H15Cl2F2N3O3/c18-11-4-2-1-3-10(11)13(24-17(22)26)8-15(25)23-9-5-6-14(12(19)7-9)27-16(20)21/h1-7,13,16H,8H2,(H,23,25)(H3,22,24,26)/t13-/m1/s1. The molecule has 0 saturated heterocycles. The number of rotatable bonds is 7. The van der Waals surface area contributed by atoms with Crippen LogP contribution in [0.2, 0.25) is 10.0 Å². The minimum Gasteiger partial charge on any atom is -0.433 e. The second-order valence-electron chi connectivity index (χ2n) is 5.36. The molecule has 0 saturated carbocycles. The first-order valence-electron chi connectivity index (χ1n) is 7.61. The smallest absolute Gasteiger partial charge is 0.387 e. The van der Waals surface area contributed by atoms with E-state index in [-0.39, 0.29) is 22.9 Å². The number of carbonyl (C=O) groups excluding carboxylic acids is 2. The first-order chi connectivity index (χ1) is 12.8. The summed E-state index contributed by atoms with van der Waals surface area (Å²) in [5.41, 5.74) is 5.96. The Morgan fingerprint density at radius 2 is 1.81 bits per heavy atom. The number of urea groups is 1. The van der Waals surface area contributed by atoms with Gasteiger partial charge in [0.05, 0.1) is 17.5 Å². The topological polar surface area (TPSA) is 93.5 Å². The number of carbonyl (C=O) groups is 2. The molecule has 0 aliphatic heterocycles. The average Bonchev–Trinajstić information content (AvgIpc) is 2.56. The number of alkyl halides is 2. The van der Waals surface area contributed by atoms with Crippen molar-refractivity contribution in [3.63, 3.8) is 0 Å². The molecule has 3 amide bonds. The predicted molar refractivity (Wildman–Crippen MR) is 98.2 cm³/mol. The highest BCUT2D eigenvalue weighted by atomic mass is 35.5. The molecule has 0 unspecified atom stereocenters. The number of ether oxygens (including phenoxy) is 1. The summed E-state index contributed by atoms with van der Waals surface area (Å²) in [4.78, 5) is 23.6. The molecule has 0 aliphatic rings. The summed E-state index contributed by atoms with van der Waals surface area (Å²) in [6.07, 6.45) is -0.167. The number of benzene rings is 2. The lowest BCUT2D eigenvalue weighted by molar-refractivity contribution is -0.116. The number of primary amides is 1. The van der Waals surface area contributed by atoms with Crippen LogP contribution in [0.3, 0.4) is 0 Å². The Labute approximate surface area is 163 Å². The van der Waals surface area contributed by atoms with Gasteiger partial charge in [0.15, 0.2) is 0 Å². The summed E-state index contributed by atoms with van der Waals surface area (Å²) in [5, 5.41) is 5.28. The Kier molecular flexibility index (Phi) is 7.20. The summed E-state index contributed by atoms with van der Waals surface area (Å²) < 4.78 is 28.7. The zero-order valence-corrected chi connectivity index (χ0v) is 15.2. The van der Waals surface area contributed by atoms with Crippen LogP contribution in [0, 0.1) is 0 Å².